The largest absolute Gasteiger partial charge is 0.352 e. The van der Waals surface area contributed by atoms with Crippen LogP contribution in [0.15, 0.2) is 24.8 Å². The summed E-state index contributed by atoms with van der Waals surface area (Å²) in [6, 6.07) is 0. The number of nitrogens with zero attached hydrogens (tertiary/aromatic N) is 3. The fraction of sp³-hybridized carbons (Fsp3) is 0.462. The summed E-state index contributed by atoms with van der Waals surface area (Å²) < 4.78 is 1.64. The molecule has 0 aromatic carbocycles. The van der Waals surface area contributed by atoms with Gasteiger partial charge in [0, 0.05) is 24.3 Å². The monoisotopic (exact) mass is 278 g/mol. The van der Waals surface area contributed by atoms with Crippen LogP contribution in [0.2, 0.25) is 0 Å². The van der Waals surface area contributed by atoms with E-state index < -0.39 is 0 Å². The topological polar surface area (TPSA) is 59.3 Å². The predicted molar refractivity (Wildman–Crippen MR) is 72.3 cm³/mol. The third kappa shape index (κ3) is 2.42. The van der Waals surface area contributed by atoms with Gasteiger partial charge in [-0.25, -0.2) is 4.52 Å². The lowest BCUT2D eigenvalue weighted by Crippen LogP contribution is -2.31. The number of fused-ring (bicyclic) bond motifs is 1. The fourth-order valence-electron chi connectivity index (χ4n) is 2.55. The number of hydrogen-bond donors (Lipinski definition) is 1. The lowest BCUT2D eigenvalue weighted by molar-refractivity contribution is 0.0949. The average molecular weight is 279 g/mol. The summed E-state index contributed by atoms with van der Waals surface area (Å²) in [6.45, 7) is 0.630. The van der Waals surface area contributed by atoms with Crippen LogP contribution in [0.5, 0.6) is 0 Å². The highest BCUT2D eigenvalue weighted by Crippen LogP contribution is 2.29. The van der Waals surface area contributed by atoms with E-state index in [1.807, 2.05) is 0 Å². The van der Waals surface area contributed by atoms with Crippen molar-refractivity contribution in [2.24, 2.45) is 5.92 Å². The highest BCUT2D eigenvalue weighted by atomic mass is 35.5. The van der Waals surface area contributed by atoms with Crippen LogP contribution in [0.3, 0.4) is 0 Å². The van der Waals surface area contributed by atoms with E-state index in [1.165, 1.54) is 0 Å². The Bertz CT molecular complexity index is 597. The molecule has 3 rings (SSSR count). The molecule has 6 heteroatoms. The van der Waals surface area contributed by atoms with Gasteiger partial charge in [-0.3, -0.25) is 9.78 Å². The minimum absolute atomic E-state index is 0.112. The van der Waals surface area contributed by atoms with Crippen molar-refractivity contribution in [3.05, 3.63) is 30.4 Å². The van der Waals surface area contributed by atoms with E-state index in [0.29, 0.717) is 23.5 Å². The molecule has 5 nitrogen and oxygen atoms in total. The number of carbonyl (C=O) groups is 1. The molecule has 0 bridgehead atoms. The van der Waals surface area contributed by atoms with E-state index in [2.05, 4.69) is 15.4 Å². The molecule has 0 saturated heterocycles. The van der Waals surface area contributed by atoms with Crippen LogP contribution in [0, 0.1) is 5.92 Å². The summed E-state index contributed by atoms with van der Waals surface area (Å²) in [5, 5.41) is 7.26. The Morgan fingerprint density at radius 2 is 2.37 bits per heavy atom. The van der Waals surface area contributed by atoms with Crippen molar-refractivity contribution in [3.63, 3.8) is 0 Å². The molecule has 2 aromatic rings. The molecule has 1 aliphatic rings. The molecule has 2 unspecified atom stereocenters. The third-order valence-corrected chi connectivity index (χ3v) is 4.24. The zero-order chi connectivity index (χ0) is 13.2. The van der Waals surface area contributed by atoms with E-state index in [4.69, 9.17) is 11.6 Å². The lowest BCUT2D eigenvalue weighted by atomic mass is 10.1. The maximum atomic E-state index is 12.1. The summed E-state index contributed by atoms with van der Waals surface area (Å²) in [6.07, 6.45) is 9.85. The summed E-state index contributed by atoms with van der Waals surface area (Å²) in [5.41, 5.74) is 1.27. The molecule has 19 heavy (non-hydrogen) atoms. The third-order valence-electron chi connectivity index (χ3n) is 3.66. The van der Waals surface area contributed by atoms with E-state index in [0.717, 1.165) is 19.3 Å². The number of rotatable bonds is 3. The van der Waals surface area contributed by atoms with Crippen LogP contribution in [0.25, 0.3) is 5.52 Å². The van der Waals surface area contributed by atoms with Crippen molar-refractivity contribution < 1.29 is 4.79 Å². The average Bonchev–Trinajstić information content (AvgIpc) is 3.02. The molecule has 2 atom stereocenters. The number of halogens is 1. The second-order valence-corrected chi connectivity index (χ2v) is 5.44. The van der Waals surface area contributed by atoms with Crippen molar-refractivity contribution in [1.29, 1.82) is 0 Å². The van der Waals surface area contributed by atoms with E-state index in [-0.39, 0.29) is 11.3 Å². The Kier molecular flexibility index (Phi) is 3.38. The molecule has 2 heterocycles. The second-order valence-electron chi connectivity index (χ2n) is 4.88. The molecule has 1 N–H and O–H groups in total. The van der Waals surface area contributed by atoms with Gasteiger partial charge in [-0.2, -0.15) is 5.10 Å². The van der Waals surface area contributed by atoms with Gasteiger partial charge in [0.25, 0.3) is 5.91 Å². The normalized spacial score (nSPS) is 22.8. The molecule has 0 aliphatic heterocycles. The first-order chi connectivity index (χ1) is 9.25. The number of nitrogens with one attached hydrogen (secondary N) is 1. The molecule has 0 spiro atoms. The maximum absolute atomic E-state index is 12.1. The van der Waals surface area contributed by atoms with Crippen molar-refractivity contribution in [2.75, 3.05) is 6.54 Å². The molecule has 1 amide bonds. The van der Waals surface area contributed by atoms with Crippen LogP contribution in [0.1, 0.15) is 29.6 Å². The van der Waals surface area contributed by atoms with Crippen LogP contribution < -0.4 is 5.32 Å². The van der Waals surface area contributed by atoms with Crippen molar-refractivity contribution in [2.45, 2.75) is 24.6 Å². The first-order valence-corrected chi connectivity index (χ1v) is 6.89. The first kappa shape index (κ1) is 12.4. The van der Waals surface area contributed by atoms with Gasteiger partial charge in [-0.05, 0) is 18.8 Å². The van der Waals surface area contributed by atoms with Crippen LogP contribution in [-0.2, 0) is 0 Å². The Balaban J connectivity index is 1.70. The summed E-state index contributed by atoms with van der Waals surface area (Å²) in [4.78, 5) is 16.2. The number of carbonyl (C=O) groups excluding carboxylic acids is 1. The molecule has 1 fully saturated rings. The van der Waals surface area contributed by atoms with E-state index in [9.17, 15) is 4.79 Å². The quantitative estimate of drug-likeness (QED) is 0.872. The number of aromatic nitrogens is 3. The van der Waals surface area contributed by atoms with Gasteiger partial charge in [0.15, 0.2) is 0 Å². The molecule has 1 saturated carbocycles. The van der Waals surface area contributed by atoms with Gasteiger partial charge in [-0.1, -0.05) is 6.42 Å². The minimum atomic E-state index is -0.112. The van der Waals surface area contributed by atoms with Gasteiger partial charge in [0.2, 0.25) is 0 Å². The minimum Gasteiger partial charge on any atom is -0.352 e. The van der Waals surface area contributed by atoms with Crippen LogP contribution >= 0.6 is 11.6 Å². The maximum Gasteiger partial charge on any atom is 0.255 e. The first-order valence-electron chi connectivity index (χ1n) is 6.45. The Morgan fingerprint density at radius 1 is 1.47 bits per heavy atom. The molecule has 0 radical (unpaired) electrons. The number of alkyl halides is 1. The number of hydrogen-bond acceptors (Lipinski definition) is 3. The van der Waals surface area contributed by atoms with Crippen molar-refractivity contribution >= 4 is 23.0 Å². The molecular formula is C13H15ClN4O. The Morgan fingerprint density at radius 3 is 3.16 bits per heavy atom. The van der Waals surface area contributed by atoms with Crippen LogP contribution in [0.4, 0.5) is 0 Å². The molecule has 2 aromatic heterocycles. The summed E-state index contributed by atoms with van der Waals surface area (Å²) >= 11 is 6.20. The molecular weight excluding hydrogens is 264 g/mol. The fourth-order valence-corrected chi connectivity index (χ4v) is 2.92. The van der Waals surface area contributed by atoms with Gasteiger partial charge < -0.3 is 5.32 Å². The predicted octanol–water partition coefficient (Wildman–Crippen LogP) is 1.87. The Labute approximate surface area is 116 Å². The summed E-state index contributed by atoms with van der Waals surface area (Å²) in [5.74, 6) is 0.268. The van der Waals surface area contributed by atoms with Gasteiger partial charge in [-0.15, -0.1) is 11.6 Å². The van der Waals surface area contributed by atoms with Crippen LogP contribution in [-0.4, -0.2) is 32.4 Å². The molecule has 100 valence electrons. The zero-order valence-corrected chi connectivity index (χ0v) is 11.2. The van der Waals surface area contributed by atoms with Gasteiger partial charge in [0.1, 0.15) is 0 Å². The summed E-state index contributed by atoms with van der Waals surface area (Å²) in [7, 11) is 0. The number of amides is 1. The van der Waals surface area contributed by atoms with Gasteiger partial charge >= 0.3 is 0 Å². The van der Waals surface area contributed by atoms with Crippen molar-refractivity contribution in [3.8, 4) is 0 Å². The smallest absolute Gasteiger partial charge is 0.255 e. The van der Waals surface area contributed by atoms with Crippen molar-refractivity contribution in [1.82, 2.24) is 19.9 Å². The molecule has 1 aliphatic carbocycles. The van der Waals surface area contributed by atoms with Gasteiger partial charge in [0.05, 0.1) is 23.5 Å². The van der Waals surface area contributed by atoms with E-state index >= 15 is 0 Å². The lowest BCUT2D eigenvalue weighted by Gasteiger charge is -2.13. The highest BCUT2D eigenvalue weighted by Gasteiger charge is 2.25. The highest BCUT2D eigenvalue weighted by molar-refractivity contribution is 6.21. The SMILES string of the molecule is O=C(NCC1CCCC1Cl)c1cnn2ccncc12. The standard InChI is InChI=1S/C13H15ClN4O/c14-11-3-1-2-9(11)6-16-13(19)10-7-17-18-5-4-15-8-12(10)18/h4-5,7-9,11H,1-3,6H2,(H,16,19). The van der Waals surface area contributed by atoms with E-state index in [1.54, 1.807) is 29.3 Å². The zero-order valence-electron chi connectivity index (χ0n) is 10.4. The second kappa shape index (κ2) is 5.17. The Hall–Kier alpha value is -1.62.